The molecule has 0 spiro atoms. The molecule has 2 aromatic rings. The zero-order chi connectivity index (χ0) is 19.3. The Morgan fingerprint density at radius 1 is 1.31 bits per heavy atom. The summed E-state index contributed by atoms with van der Waals surface area (Å²) in [5, 5.41) is 5.22. The summed E-state index contributed by atoms with van der Waals surface area (Å²) in [6.45, 7) is 3.82. The van der Waals surface area contributed by atoms with Gasteiger partial charge in [0.2, 0.25) is 11.1 Å². The van der Waals surface area contributed by atoms with Crippen LogP contribution in [0, 0.1) is 5.41 Å². The standard InChI is InChI=1S/C16H17BrCl3N3O3/c1-16(2,7-17)12(26-15(24)13(19)20)14(23-9-21-8-22-23)25-11-5-3-10(18)4-6-11/h3-6,8-9,12-14H,7H2,1-2H3. The van der Waals surface area contributed by atoms with Gasteiger partial charge in [-0.2, -0.15) is 5.10 Å². The largest absolute Gasteiger partial charge is 0.465 e. The van der Waals surface area contributed by atoms with Crippen LogP contribution in [0.5, 0.6) is 5.75 Å². The number of hydrogen-bond acceptors (Lipinski definition) is 5. The molecule has 0 aliphatic heterocycles. The maximum Gasteiger partial charge on any atom is 0.339 e. The third-order valence-corrected chi connectivity index (χ3v) is 5.62. The molecule has 0 aliphatic carbocycles. The van der Waals surface area contributed by atoms with Crippen molar-refractivity contribution in [2.45, 2.75) is 31.0 Å². The fraction of sp³-hybridized carbons (Fsp3) is 0.438. The number of alkyl halides is 3. The second kappa shape index (κ2) is 9.26. The van der Waals surface area contributed by atoms with Gasteiger partial charge >= 0.3 is 5.97 Å². The van der Waals surface area contributed by atoms with Crippen LogP contribution < -0.4 is 4.74 Å². The molecule has 0 saturated carbocycles. The van der Waals surface area contributed by atoms with Crippen molar-refractivity contribution in [2.24, 2.45) is 5.41 Å². The Labute approximate surface area is 174 Å². The monoisotopic (exact) mass is 483 g/mol. The summed E-state index contributed by atoms with van der Waals surface area (Å²) < 4.78 is 13.1. The molecule has 10 heteroatoms. The van der Waals surface area contributed by atoms with Gasteiger partial charge in [-0.05, 0) is 24.3 Å². The first-order valence-electron chi connectivity index (χ1n) is 7.55. The molecule has 142 valence electrons. The summed E-state index contributed by atoms with van der Waals surface area (Å²) in [6, 6.07) is 6.80. The van der Waals surface area contributed by atoms with Crippen molar-refractivity contribution in [3.05, 3.63) is 41.9 Å². The summed E-state index contributed by atoms with van der Waals surface area (Å²) in [5.41, 5.74) is -0.540. The molecule has 0 bridgehead atoms. The molecule has 2 unspecified atom stereocenters. The number of ether oxygens (including phenoxy) is 2. The highest BCUT2D eigenvalue weighted by Crippen LogP contribution is 2.35. The van der Waals surface area contributed by atoms with Crippen molar-refractivity contribution in [1.29, 1.82) is 0 Å². The predicted octanol–water partition coefficient (Wildman–Crippen LogP) is 4.65. The summed E-state index contributed by atoms with van der Waals surface area (Å²) in [4.78, 5) is 14.7. The molecule has 1 aromatic carbocycles. The second-order valence-electron chi connectivity index (χ2n) is 6.12. The van der Waals surface area contributed by atoms with Crippen LogP contribution in [0.4, 0.5) is 0 Å². The summed E-state index contributed by atoms with van der Waals surface area (Å²) >= 11 is 20.7. The zero-order valence-electron chi connectivity index (χ0n) is 14.0. The van der Waals surface area contributed by atoms with Crippen LogP contribution >= 0.6 is 50.7 Å². The molecule has 0 N–H and O–H groups in total. The first-order chi connectivity index (χ1) is 12.2. The van der Waals surface area contributed by atoms with E-state index in [0.717, 1.165) is 0 Å². The minimum absolute atomic E-state index is 0.516. The van der Waals surface area contributed by atoms with Gasteiger partial charge in [-0.1, -0.05) is 64.6 Å². The van der Waals surface area contributed by atoms with Gasteiger partial charge in [-0.15, -0.1) is 0 Å². The van der Waals surface area contributed by atoms with E-state index in [0.29, 0.717) is 16.1 Å². The lowest BCUT2D eigenvalue weighted by Crippen LogP contribution is -2.45. The minimum Gasteiger partial charge on any atom is -0.465 e. The van der Waals surface area contributed by atoms with Crippen LogP contribution in [0.25, 0.3) is 0 Å². The topological polar surface area (TPSA) is 66.2 Å². The lowest BCUT2D eigenvalue weighted by molar-refractivity contribution is -0.166. The van der Waals surface area contributed by atoms with E-state index < -0.39 is 28.6 Å². The number of rotatable bonds is 8. The van der Waals surface area contributed by atoms with E-state index in [2.05, 4.69) is 26.0 Å². The number of nitrogens with zero attached hydrogens (tertiary/aromatic N) is 3. The van der Waals surface area contributed by atoms with Gasteiger partial charge in [0.1, 0.15) is 18.4 Å². The molecular formula is C16H17BrCl3N3O3. The van der Waals surface area contributed by atoms with Crippen LogP contribution in [-0.4, -0.2) is 37.0 Å². The van der Waals surface area contributed by atoms with Gasteiger partial charge < -0.3 is 9.47 Å². The normalized spacial score (nSPS) is 14.1. The molecule has 26 heavy (non-hydrogen) atoms. The molecule has 1 aromatic heterocycles. The van der Waals surface area contributed by atoms with Crippen molar-refractivity contribution in [3.63, 3.8) is 0 Å². The highest BCUT2D eigenvalue weighted by molar-refractivity contribution is 9.09. The average molecular weight is 486 g/mol. The number of benzene rings is 1. The van der Waals surface area contributed by atoms with Crippen molar-refractivity contribution in [3.8, 4) is 5.75 Å². The molecule has 0 radical (unpaired) electrons. The summed E-state index contributed by atoms with van der Waals surface area (Å²) in [5.74, 6) is -0.244. The Morgan fingerprint density at radius 3 is 2.46 bits per heavy atom. The maximum atomic E-state index is 12.1. The third-order valence-electron chi connectivity index (χ3n) is 3.56. The molecule has 2 atom stereocenters. The van der Waals surface area contributed by atoms with E-state index in [1.165, 1.54) is 17.3 Å². The fourth-order valence-corrected chi connectivity index (χ4v) is 2.66. The molecule has 0 fully saturated rings. The van der Waals surface area contributed by atoms with Gasteiger partial charge in [0, 0.05) is 15.8 Å². The van der Waals surface area contributed by atoms with Gasteiger partial charge in [-0.25, -0.2) is 14.5 Å². The van der Waals surface area contributed by atoms with E-state index in [1.54, 1.807) is 24.3 Å². The Morgan fingerprint density at radius 2 is 1.96 bits per heavy atom. The highest BCUT2D eigenvalue weighted by Gasteiger charge is 2.42. The first-order valence-corrected chi connectivity index (χ1v) is 9.93. The molecule has 0 amide bonds. The number of hydrogen-bond donors (Lipinski definition) is 0. The van der Waals surface area contributed by atoms with Gasteiger partial charge in [0.25, 0.3) is 0 Å². The zero-order valence-corrected chi connectivity index (χ0v) is 17.8. The van der Waals surface area contributed by atoms with Gasteiger partial charge in [0.15, 0.2) is 6.10 Å². The second-order valence-corrected chi connectivity index (χ2v) is 8.21. The molecule has 2 rings (SSSR count). The SMILES string of the molecule is CC(C)(CBr)C(OC(=O)C(Cl)Cl)C(Oc1ccc(Cl)cc1)n1cncn1. The lowest BCUT2D eigenvalue weighted by Gasteiger charge is -2.37. The first kappa shape index (κ1) is 21.3. The molecule has 0 aliphatic rings. The van der Waals surface area contributed by atoms with Gasteiger partial charge in [0.05, 0.1) is 0 Å². The maximum absolute atomic E-state index is 12.1. The number of halogens is 4. The van der Waals surface area contributed by atoms with Crippen molar-refractivity contribution in [2.75, 3.05) is 5.33 Å². The quantitative estimate of drug-likeness (QED) is 0.402. The minimum atomic E-state index is -1.31. The predicted molar refractivity (Wildman–Crippen MR) is 104 cm³/mol. The Hall–Kier alpha value is -1.02. The third kappa shape index (κ3) is 5.49. The number of esters is 1. The number of aromatic nitrogens is 3. The van der Waals surface area contributed by atoms with E-state index in [-0.39, 0.29) is 0 Å². The average Bonchev–Trinajstić information content (AvgIpc) is 3.13. The van der Waals surface area contributed by atoms with Crippen molar-refractivity contribution < 1.29 is 14.3 Å². The molecule has 1 heterocycles. The number of carbonyl (C=O) groups is 1. The summed E-state index contributed by atoms with van der Waals surface area (Å²) in [7, 11) is 0. The van der Waals surface area contributed by atoms with Crippen molar-refractivity contribution in [1.82, 2.24) is 14.8 Å². The van der Waals surface area contributed by atoms with Crippen LogP contribution in [0.2, 0.25) is 5.02 Å². The molecule has 0 saturated heterocycles. The Kier molecular flexibility index (Phi) is 7.58. The van der Waals surface area contributed by atoms with E-state index in [1.807, 2.05) is 13.8 Å². The molecule has 6 nitrogen and oxygen atoms in total. The summed E-state index contributed by atoms with van der Waals surface area (Å²) in [6.07, 6.45) is 1.27. The Balaban J connectivity index is 2.40. The Bertz CT molecular complexity index is 711. The smallest absolute Gasteiger partial charge is 0.339 e. The fourth-order valence-electron chi connectivity index (χ4n) is 2.11. The van der Waals surface area contributed by atoms with E-state index in [4.69, 9.17) is 44.3 Å². The van der Waals surface area contributed by atoms with Crippen molar-refractivity contribution >= 4 is 56.7 Å². The van der Waals surface area contributed by atoms with E-state index >= 15 is 0 Å². The highest BCUT2D eigenvalue weighted by atomic mass is 79.9. The molecular weight excluding hydrogens is 468 g/mol. The van der Waals surface area contributed by atoms with Crippen LogP contribution in [0.15, 0.2) is 36.9 Å². The van der Waals surface area contributed by atoms with Crippen LogP contribution in [0.1, 0.15) is 20.1 Å². The van der Waals surface area contributed by atoms with E-state index in [9.17, 15) is 4.79 Å². The lowest BCUT2D eigenvalue weighted by atomic mass is 9.87. The van der Waals surface area contributed by atoms with Crippen LogP contribution in [-0.2, 0) is 9.53 Å². The van der Waals surface area contributed by atoms with Gasteiger partial charge in [-0.3, -0.25) is 0 Å². The number of carbonyl (C=O) groups excluding carboxylic acids is 1. The van der Waals surface area contributed by atoms with Crippen LogP contribution in [0.3, 0.4) is 0 Å².